The van der Waals surface area contributed by atoms with E-state index < -0.39 is 17.6 Å². The maximum absolute atomic E-state index is 12.9. The van der Waals surface area contributed by atoms with Gasteiger partial charge < -0.3 is 10.1 Å². The number of benzene rings is 1. The number of amides is 2. The standard InChI is InChI=1S/C18H16FN3O4/c1-2-14(23)11-3-5-15-13(7-11)22(18(25)10-26-15)9-17(24)21-16-6-4-12(19)8-20-16/h3-8H,2,9-10H2,1H3,(H,20,21,24). The Labute approximate surface area is 148 Å². The predicted molar refractivity (Wildman–Crippen MR) is 91.7 cm³/mol. The Kier molecular flexibility index (Phi) is 4.92. The van der Waals surface area contributed by atoms with Gasteiger partial charge in [0.15, 0.2) is 12.4 Å². The largest absolute Gasteiger partial charge is 0.482 e. The first-order chi connectivity index (χ1) is 12.5. The number of fused-ring (bicyclic) bond motifs is 1. The van der Waals surface area contributed by atoms with Gasteiger partial charge in [-0.05, 0) is 30.3 Å². The van der Waals surface area contributed by atoms with Gasteiger partial charge in [-0.25, -0.2) is 9.37 Å². The third kappa shape index (κ3) is 3.69. The van der Waals surface area contributed by atoms with Gasteiger partial charge in [-0.1, -0.05) is 6.92 Å². The van der Waals surface area contributed by atoms with Crippen molar-refractivity contribution in [3.63, 3.8) is 0 Å². The first kappa shape index (κ1) is 17.5. The van der Waals surface area contributed by atoms with Crippen molar-refractivity contribution in [2.24, 2.45) is 0 Å². The minimum atomic E-state index is -0.520. The van der Waals surface area contributed by atoms with Crippen LogP contribution < -0.4 is 15.0 Å². The number of halogens is 1. The van der Waals surface area contributed by atoms with Gasteiger partial charge in [0.05, 0.1) is 11.9 Å². The number of Topliss-reactive ketones (excluding diaryl/α,β-unsaturated/α-hetero) is 1. The Morgan fingerprint density at radius 1 is 1.31 bits per heavy atom. The second kappa shape index (κ2) is 7.30. The third-order valence-electron chi connectivity index (χ3n) is 3.84. The smallest absolute Gasteiger partial charge is 0.265 e. The van der Waals surface area contributed by atoms with E-state index in [4.69, 9.17) is 4.74 Å². The van der Waals surface area contributed by atoms with Crippen LogP contribution in [0.2, 0.25) is 0 Å². The first-order valence-electron chi connectivity index (χ1n) is 7.99. The average molecular weight is 357 g/mol. The Morgan fingerprint density at radius 3 is 2.81 bits per heavy atom. The number of anilines is 2. The molecule has 8 heteroatoms. The van der Waals surface area contributed by atoms with Gasteiger partial charge in [0.25, 0.3) is 5.91 Å². The lowest BCUT2D eigenvalue weighted by Crippen LogP contribution is -2.43. The highest BCUT2D eigenvalue weighted by atomic mass is 19.1. The molecular weight excluding hydrogens is 341 g/mol. The number of nitrogens with one attached hydrogen (secondary N) is 1. The van der Waals surface area contributed by atoms with Crippen molar-refractivity contribution in [3.8, 4) is 5.75 Å². The highest BCUT2D eigenvalue weighted by Gasteiger charge is 2.28. The van der Waals surface area contributed by atoms with Gasteiger partial charge >= 0.3 is 0 Å². The van der Waals surface area contributed by atoms with Crippen molar-refractivity contribution < 1.29 is 23.5 Å². The molecule has 0 radical (unpaired) electrons. The van der Waals surface area contributed by atoms with Crippen LogP contribution in [-0.2, 0) is 9.59 Å². The molecule has 0 saturated carbocycles. The number of ketones is 1. The summed E-state index contributed by atoms with van der Waals surface area (Å²) in [5.74, 6) is -0.908. The van der Waals surface area contributed by atoms with Gasteiger partial charge in [0.2, 0.25) is 5.91 Å². The SMILES string of the molecule is CCC(=O)c1ccc2c(c1)N(CC(=O)Nc1ccc(F)cn1)C(=O)CO2. The Hall–Kier alpha value is -3.29. The van der Waals surface area contributed by atoms with Crippen LogP contribution in [0.3, 0.4) is 0 Å². The number of hydrogen-bond acceptors (Lipinski definition) is 5. The summed E-state index contributed by atoms with van der Waals surface area (Å²) in [7, 11) is 0. The number of carbonyl (C=O) groups excluding carboxylic acids is 3. The van der Waals surface area contributed by atoms with Crippen molar-refractivity contribution in [2.75, 3.05) is 23.4 Å². The summed E-state index contributed by atoms with van der Waals surface area (Å²) < 4.78 is 18.2. The molecule has 1 aliphatic heterocycles. The zero-order valence-corrected chi connectivity index (χ0v) is 14.0. The molecule has 0 atom stereocenters. The monoisotopic (exact) mass is 357 g/mol. The lowest BCUT2D eigenvalue weighted by Gasteiger charge is -2.29. The van der Waals surface area contributed by atoms with E-state index in [9.17, 15) is 18.8 Å². The number of nitrogens with zero attached hydrogens (tertiary/aromatic N) is 2. The number of aromatic nitrogens is 1. The molecule has 0 bridgehead atoms. The van der Waals surface area contributed by atoms with Crippen LogP contribution in [0.25, 0.3) is 0 Å². The van der Waals surface area contributed by atoms with E-state index in [1.165, 1.54) is 17.0 Å². The minimum Gasteiger partial charge on any atom is -0.482 e. The summed E-state index contributed by atoms with van der Waals surface area (Å²) in [6, 6.07) is 7.26. The fourth-order valence-electron chi connectivity index (χ4n) is 2.53. The fourth-order valence-corrected chi connectivity index (χ4v) is 2.53. The number of carbonyl (C=O) groups is 3. The number of ether oxygens (including phenoxy) is 1. The molecular formula is C18H16FN3O4. The molecule has 0 aliphatic carbocycles. The van der Waals surface area contributed by atoms with Crippen molar-refractivity contribution in [2.45, 2.75) is 13.3 Å². The van der Waals surface area contributed by atoms with Crippen molar-refractivity contribution in [1.82, 2.24) is 4.98 Å². The van der Waals surface area contributed by atoms with Crippen LogP contribution in [0.5, 0.6) is 5.75 Å². The van der Waals surface area contributed by atoms with Crippen LogP contribution in [0.15, 0.2) is 36.5 Å². The lowest BCUT2D eigenvalue weighted by atomic mass is 10.1. The molecule has 2 heterocycles. The van der Waals surface area contributed by atoms with Crippen molar-refractivity contribution in [3.05, 3.63) is 47.9 Å². The summed E-state index contributed by atoms with van der Waals surface area (Å²) in [6.45, 7) is 1.26. The summed E-state index contributed by atoms with van der Waals surface area (Å²) >= 11 is 0. The molecule has 3 rings (SSSR count). The highest BCUT2D eigenvalue weighted by Crippen LogP contribution is 2.33. The van der Waals surface area contributed by atoms with Crippen LogP contribution in [-0.4, -0.2) is 35.7 Å². The first-order valence-corrected chi connectivity index (χ1v) is 7.99. The Morgan fingerprint density at radius 2 is 2.12 bits per heavy atom. The lowest BCUT2D eigenvalue weighted by molar-refractivity contribution is -0.123. The van der Waals surface area contributed by atoms with Gasteiger partial charge in [-0.15, -0.1) is 0 Å². The van der Waals surface area contributed by atoms with Gasteiger partial charge in [0.1, 0.15) is 23.9 Å². The Balaban J connectivity index is 1.81. The van der Waals surface area contributed by atoms with Gasteiger partial charge in [0, 0.05) is 12.0 Å². The van der Waals surface area contributed by atoms with E-state index in [2.05, 4.69) is 10.3 Å². The van der Waals surface area contributed by atoms with Crippen LogP contribution in [0, 0.1) is 5.82 Å². The molecule has 134 valence electrons. The predicted octanol–water partition coefficient (Wildman–Crippen LogP) is 2.18. The van der Waals surface area contributed by atoms with E-state index >= 15 is 0 Å². The molecule has 0 saturated heterocycles. The van der Waals surface area contributed by atoms with E-state index in [0.717, 1.165) is 6.20 Å². The molecule has 26 heavy (non-hydrogen) atoms. The second-order valence-electron chi connectivity index (χ2n) is 5.64. The molecule has 1 aromatic carbocycles. The molecule has 2 amide bonds. The summed E-state index contributed by atoms with van der Waals surface area (Å²) in [5.41, 5.74) is 0.804. The summed E-state index contributed by atoms with van der Waals surface area (Å²) in [5, 5.41) is 2.50. The maximum atomic E-state index is 12.9. The van der Waals surface area contributed by atoms with Crippen molar-refractivity contribution >= 4 is 29.1 Å². The minimum absolute atomic E-state index is 0.0780. The summed E-state index contributed by atoms with van der Waals surface area (Å²) in [6.07, 6.45) is 1.30. The molecule has 1 aliphatic rings. The van der Waals surface area contributed by atoms with Crippen LogP contribution >= 0.6 is 0 Å². The second-order valence-corrected chi connectivity index (χ2v) is 5.64. The molecule has 7 nitrogen and oxygen atoms in total. The van der Waals surface area contributed by atoms with E-state index in [-0.39, 0.29) is 24.8 Å². The average Bonchev–Trinajstić information content (AvgIpc) is 2.65. The maximum Gasteiger partial charge on any atom is 0.265 e. The highest BCUT2D eigenvalue weighted by molar-refractivity contribution is 6.06. The van der Waals surface area contributed by atoms with Crippen molar-refractivity contribution in [1.29, 1.82) is 0 Å². The zero-order chi connectivity index (χ0) is 18.7. The molecule has 0 fully saturated rings. The van der Waals surface area contributed by atoms with Gasteiger partial charge in [-0.2, -0.15) is 0 Å². The summed E-state index contributed by atoms with van der Waals surface area (Å²) in [4.78, 5) is 41.4. The topological polar surface area (TPSA) is 88.6 Å². The molecule has 2 aromatic rings. The molecule has 0 unspecified atom stereocenters. The van der Waals surface area contributed by atoms with E-state index in [1.54, 1.807) is 25.1 Å². The fraction of sp³-hybridized carbons (Fsp3) is 0.222. The zero-order valence-electron chi connectivity index (χ0n) is 14.0. The number of hydrogen-bond donors (Lipinski definition) is 1. The number of rotatable bonds is 5. The molecule has 0 spiro atoms. The quantitative estimate of drug-likeness (QED) is 0.829. The molecule has 1 N–H and O–H groups in total. The third-order valence-corrected chi connectivity index (χ3v) is 3.84. The Bertz CT molecular complexity index is 867. The van der Waals surface area contributed by atoms with E-state index in [0.29, 0.717) is 23.4 Å². The van der Waals surface area contributed by atoms with Crippen LogP contribution in [0.4, 0.5) is 15.9 Å². The molecule has 1 aromatic heterocycles. The van der Waals surface area contributed by atoms with Crippen LogP contribution in [0.1, 0.15) is 23.7 Å². The normalized spacial score (nSPS) is 13.0. The number of pyridine rings is 1. The van der Waals surface area contributed by atoms with Gasteiger partial charge in [-0.3, -0.25) is 19.3 Å². The van der Waals surface area contributed by atoms with E-state index in [1.807, 2.05) is 0 Å².